The summed E-state index contributed by atoms with van der Waals surface area (Å²) in [7, 11) is 1.70. The van der Waals surface area contributed by atoms with E-state index in [1.165, 1.54) is 0 Å². The third-order valence-electron chi connectivity index (χ3n) is 2.79. The van der Waals surface area contributed by atoms with Crippen LogP contribution in [0.15, 0.2) is 12.3 Å². The van der Waals surface area contributed by atoms with Gasteiger partial charge in [-0.1, -0.05) is 0 Å². The number of nitrogen functional groups attached to an aromatic ring is 1. The summed E-state index contributed by atoms with van der Waals surface area (Å²) >= 11 is 0. The van der Waals surface area contributed by atoms with Crippen molar-refractivity contribution < 1.29 is 9.59 Å². The van der Waals surface area contributed by atoms with E-state index >= 15 is 0 Å². The molecule has 0 aliphatic heterocycles. The third-order valence-corrected chi connectivity index (χ3v) is 2.79. The molecule has 0 unspecified atom stereocenters. The zero-order valence-electron chi connectivity index (χ0n) is 11.1. The van der Waals surface area contributed by atoms with Gasteiger partial charge in [-0.2, -0.15) is 0 Å². The monoisotopic (exact) mass is 252 g/mol. The van der Waals surface area contributed by atoms with Crippen LogP contribution >= 0.6 is 0 Å². The van der Waals surface area contributed by atoms with Gasteiger partial charge in [-0.25, -0.2) is 0 Å². The van der Waals surface area contributed by atoms with Gasteiger partial charge in [-0.15, -0.1) is 0 Å². The number of rotatable bonds is 5. The van der Waals surface area contributed by atoms with E-state index in [9.17, 15) is 9.59 Å². The molecule has 0 aliphatic carbocycles. The number of nitrogens with two attached hydrogens (primary N) is 1. The fourth-order valence-corrected chi connectivity index (χ4v) is 1.54. The molecule has 0 aliphatic rings. The van der Waals surface area contributed by atoms with E-state index in [1.807, 2.05) is 13.8 Å². The van der Waals surface area contributed by atoms with Gasteiger partial charge >= 0.3 is 0 Å². The van der Waals surface area contributed by atoms with Gasteiger partial charge in [-0.05, 0) is 19.9 Å². The molecule has 0 spiro atoms. The molecule has 0 atom stereocenters. The second-order valence-electron chi connectivity index (χ2n) is 4.04. The lowest BCUT2D eigenvalue weighted by Crippen LogP contribution is -2.38. The third kappa shape index (κ3) is 3.26. The Morgan fingerprint density at radius 1 is 1.44 bits per heavy atom. The Labute approximate surface area is 107 Å². The molecule has 3 N–H and O–H groups in total. The number of aryl methyl sites for hydroxylation is 1. The first-order valence-electron chi connectivity index (χ1n) is 5.97. The second kappa shape index (κ2) is 6.09. The maximum atomic E-state index is 11.9. The molecule has 1 heterocycles. The molecule has 6 nitrogen and oxygen atoms in total. The Bertz CT molecular complexity index is 439. The van der Waals surface area contributed by atoms with E-state index in [-0.39, 0.29) is 18.4 Å². The highest BCUT2D eigenvalue weighted by Gasteiger charge is 2.14. The van der Waals surface area contributed by atoms with Crippen LogP contribution in [0.2, 0.25) is 0 Å². The number of aromatic nitrogens is 1. The summed E-state index contributed by atoms with van der Waals surface area (Å²) in [5.74, 6) is -0.403. The fraction of sp³-hybridized carbons (Fsp3) is 0.500. The van der Waals surface area contributed by atoms with Crippen LogP contribution in [0.4, 0.5) is 5.69 Å². The topological polar surface area (TPSA) is 80.4 Å². The summed E-state index contributed by atoms with van der Waals surface area (Å²) in [6, 6.07) is 1.60. The Morgan fingerprint density at radius 2 is 2.11 bits per heavy atom. The van der Waals surface area contributed by atoms with Gasteiger partial charge < -0.3 is 20.5 Å². The van der Waals surface area contributed by atoms with Crippen LogP contribution in [0.3, 0.4) is 0 Å². The van der Waals surface area contributed by atoms with Crippen molar-refractivity contribution in [1.82, 2.24) is 14.8 Å². The molecule has 1 aromatic heterocycles. The molecule has 0 bridgehead atoms. The zero-order valence-corrected chi connectivity index (χ0v) is 11.1. The van der Waals surface area contributed by atoms with Crippen molar-refractivity contribution in [3.05, 3.63) is 18.0 Å². The molecule has 1 rings (SSSR count). The van der Waals surface area contributed by atoms with Crippen LogP contribution in [-0.2, 0) is 11.3 Å². The predicted molar refractivity (Wildman–Crippen MR) is 70.2 cm³/mol. The van der Waals surface area contributed by atoms with Gasteiger partial charge in [-0.3, -0.25) is 9.59 Å². The molecule has 0 radical (unpaired) electrons. The number of anilines is 1. The van der Waals surface area contributed by atoms with Gasteiger partial charge in [0.25, 0.3) is 5.91 Å². The first-order chi connectivity index (χ1) is 8.49. The average Bonchev–Trinajstić information content (AvgIpc) is 2.75. The lowest BCUT2D eigenvalue weighted by atomic mass is 10.3. The molecule has 100 valence electrons. The van der Waals surface area contributed by atoms with E-state index in [1.54, 1.807) is 28.8 Å². The number of amides is 2. The highest BCUT2D eigenvalue weighted by atomic mass is 16.2. The number of carbonyl (C=O) groups excluding carboxylic acids is 2. The summed E-state index contributed by atoms with van der Waals surface area (Å²) in [5, 5.41) is 2.60. The predicted octanol–water partition coefficient (Wildman–Crippen LogP) is 0.298. The summed E-state index contributed by atoms with van der Waals surface area (Å²) in [4.78, 5) is 25.0. The maximum Gasteiger partial charge on any atom is 0.268 e. The summed E-state index contributed by atoms with van der Waals surface area (Å²) in [5.41, 5.74) is 6.66. The Morgan fingerprint density at radius 3 is 2.67 bits per heavy atom. The van der Waals surface area contributed by atoms with Gasteiger partial charge in [0.2, 0.25) is 5.91 Å². The molecular formula is C12H20N4O2. The highest BCUT2D eigenvalue weighted by Crippen LogP contribution is 2.10. The number of hydrogen-bond donors (Lipinski definition) is 2. The lowest BCUT2D eigenvalue weighted by Gasteiger charge is -2.14. The van der Waals surface area contributed by atoms with Crippen molar-refractivity contribution in [3.63, 3.8) is 0 Å². The maximum absolute atomic E-state index is 11.9. The van der Waals surface area contributed by atoms with Crippen LogP contribution in [-0.4, -0.2) is 41.4 Å². The first kappa shape index (κ1) is 14.1. The van der Waals surface area contributed by atoms with E-state index in [4.69, 9.17) is 5.73 Å². The van der Waals surface area contributed by atoms with Gasteiger partial charge in [0.05, 0.1) is 12.2 Å². The summed E-state index contributed by atoms with van der Waals surface area (Å²) < 4.78 is 1.75. The van der Waals surface area contributed by atoms with Crippen LogP contribution in [0.5, 0.6) is 0 Å². The van der Waals surface area contributed by atoms with Crippen molar-refractivity contribution in [2.45, 2.75) is 20.4 Å². The van der Waals surface area contributed by atoms with Gasteiger partial charge in [0.1, 0.15) is 5.69 Å². The number of carbonyl (C=O) groups is 2. The zero-order chi connectivity index (χ0) is 13.7. The SMILES string of the molecule is CCN(C)C(=O)CNC(=O)c1cc(N)cn1CC. The first-order valence-corrected chi connectivity index (χ1v) is 5.97. The Hall–Kier alpha value is -1.98. The molecular weight excluding hydrogens is 232 g/mol. The van der Waals surface area contributed by atoms with Crippen molar-refractivity contribution in [2.75, 3.05) is 25.9 Å². The van der Waals surface area contributed by atoms with E-state index in [2.05, 4.69) is 5.32 Å². The second-order valence-corrected chi connectivity index (χ2v) is 4.04. The van der Waals surface area contributed by atoms with E-state index < -0.39 is 0 Å². The standard InChI is InChI=1S/C12H20N4O2/c1-4-15(3)11(17)7-14-12(18)10-6-9(13)8-16(10)5-2/h6,8H,4-5,7,13H2,1-3H3,(H,14,18). The van der Waals surface area contributed by atoms with Crippen LogP contribution < -0.4 is 11.1 Å². The number of hydrogen-bond acceptors (Lipinski definition) is 3. The molecule has 18 heavy (non-hydrogen) atoms. The number of nitrogens with zero attached hydrogens (tertiary/aromatic N) is 2. The molecule has 0 saturated heterocycles. The number of nitrogens with one attached hydrogen (secondary N) is 1. The molecule has 0 saturated carbocycles. The van der Waals surface area contributed by atoms with Crippen LogP contribution in [0.1, 0.15) is 24.3 Å². The van der Waals surface area contributed by atoms with Crippen molar-refractivity contribution in [1.29, 1.82) is 0 Å². The van der Waals surface area contributed by atoms with Crippen molar-refractivity contribution in [3.8, 4) is 0 Å². The minimum atomic E-state index is -0.286. The Kier molecular flexibility index (Phi) is 4.76. The van der Waals surface area contributed by atoms with E-state index in [0.29, 0.717) is 24.5 Å². The summed E-state index contributed by atoms with van der Waals surface area (Å²) in [6.45, 7) is 5.07. The Balaban J connectivity index is 2.63. The lowest BCUT2D eigenvalue weighted by molar-refractivity contribution is -0.128. The fourth-order valence-electron chi connectivity index (χ4n) is 1.54. The van der Waals surface area contributed by atoms with Crippen LogP contribution in [0.25, 0.3) is 0 Å². The molecule has 0 fully saturated rings. The van der Waals surface area contributed by atoms with Gasteiger partial charge in [0, 0.05) is 26.3 Å². The quantitative estimate of drug-likeness (QED) is 0.791. The normalized spacial score (nSPS) is 10.2. The molecule has 6 heteroatoms. The number of likely N-dealkylation sites (N-methyl/N-ethyl adjacent to an activating group) is 1. The minimum Gasteiger partial charge on any atom is -0.397 e. The smallest absolute Gasteiger partial charge is 0.268 e. The highest BCUT2D eigenvalue weighted by molar-refractivity contribution is 5.96. The largest absolute Gasteiger partial charge is 0.397 e. The summed E-state index contributed by atoms with van der Waals surface area (Å²) in [6.07, 6.45) is 1.70. The van der Waals surface area contributed by atoms with Crippen LogP contribution in [0, 0.1) is 0 Å². The van der Waals surface area contributed by atoms with E-state index in [0.717, 1.165) is 0 Å². The minimum absolute atomic E-state index is 0.00201. The molecule has 0 aromatic carbocycles. The average molecular weight is 252 g/mol. The molecule has 1 aromatic rings. The van der Waals surface area contributed by atoms with Crippen molar-refractivity contribution in [2.24, 2.45) is 0 Å². The van der Waals surface area contributed by atoms with Gasteiger partial charge in [0.15, 0.2) is 0 Å². The van der Waals surface area contributed by atoms with Crippen molar-refractivity contribution >= 4 is 17.5 Å². The molecule has 2 amide bonds.